The van der Waals surface area contributed by atoms with Crippen molar-refractivity contribution >= 4 is 17.7 Å². The van der Waals surface area contributed by atoms with Gasteiger partial charge in [0, 0.05) is 24.1 Å². The van der Waals surface area contributed by atoms with E-state index in [0.717, 1.165) is 35.8 Å². The molecule has 1 fully saturated rings. The summed E-state index contributed by atoms with van der Waals surface area (Å²) in [5, 5.41) is 12.9. The molecule has 1 aromatic heterocycles. The number of aromatic nitrogens is 2. The van der Waals surface area contributed by atoms with E-state index in [2.05, 4.69) is 27.4 Å². The van der Waals surface area contributed by atoms with Crippen molar-refractivity contribution in [3.63, 3.8) is 0 Å². The maximum Gasteiger partial charge on any atom is 0.230 e. The summed E-state index contributed by atoms with van der Waals surface area (Å²) in [5.41, 5.74) is 3.23. The lowest BCUT2D eigenvalue weighted by molar-refractivity contribution is -0.118. The number of carbonyl (C=O) groups excluding carboxylic acids is 1. The van der Waals surface area contributed by atoms with Crippen molar-refractivity contribution < 1.29 is 9.90 Å². The molecule has 1 saturated carbocycles. The molecule has 1 aliphatic carbocycles. The topological polar surface area (TPSA) is 78.0 Å². The van der Waals surface area contributed by atoms with Crippen LogP contribution in [0.1, 0.15) is 29.8 Å². The third-order valence-corrected chi connectivity index (χ3v) is 5.34. The number of H-pyrrole nitrogens is 1. The number of aromatic amines is 1. The Hall–Kier alpha value is -1.79. The summed E-state index contributed by atoms with van der Waals surface area (Å²) in [4.78, 5) is 19.8. The molecule has 0 unspecified atom stereocenters. The SMILES string of the molecule is Cc1[nH]c(SCC(=O)NCC2(CO)CC2)nc1Cc1ccccc1. The van der Waals surface area contributed by atoms with E-state index < -0.39 is 0 Å². The summed E-state index contributed by atoms with van der Waals surface area (Å²) >= 11 is 1.41. The Morgan fingerprint density at radius 1 is 1.38 bits per heavy atom. The number of hydrogen-bond acceptors (Lipinski definition) is 4. The number of hydrogen-bond donors (Lipinski definition) is 3. The van der Waals surface area contributed by atoms with Crippen molar-refractivity contribution in [3.05, 3.63) is 47.3 Å². The molecule has 3 rings (SSSR count). The summed E-state index contributed by atoms with van der Waals surface area (Å²) < 4.78 is 0. The Morgan fingerprint density at radius 2 is 2.12 bits per heavy atom. The number of benzene rings is 1. The fourth-order valence-corrected chi connectivity index (χ4v) is 3.31. The minimum absolute atomic E-state index is 0.0154. The molecule has 1 heterocycles. The van der Waals surface area contributed by atoms with Gasteiger partial charge in [0.1, 0.15) is 0 Å². The molecule has 1 amide bonds. The number of aryl methyl sites for hydroxylation is 1. The highest BCUT2D eigenvalue weighted by Gasteiger charge is 2.41. The van der Waals surface area contributed by atoms with Gasteiger partial charge in [-0.05, 0) is 25.3 Å². The lowest BCUT2D eigenvalue weighted by Gasteiger charge is -2.12. The number of amides is 1. The predicted molar refractivity (Wildman–Crippen MR) is 95.1 cm³/mol. The molecule has 0 spiro atoms. The van der Waals surface area contributed by atoms with Gasteiger partial charge >= 0.3 is 0 Å². The van der Waals surface area contributed by atoms with E-state index in [1.807, 2.05) is 25.1 Å². The molecule has 0 atom stereocenters. The molecule has 6 heteroatoms. The van der Waals surface area contributed by atoms with Crippen molar-refractivity contribution in [1.82, 2.24) is 15.3 Å². The average molecular weight is 345 g/mol. The average Bonchev–Trinajstić information content (AvgIpc) is 3.30. The minimum atomic E-state index is -0.0511. The molecule has 0 saturated heterocycles. The second-order valence-electron chi connectivity index (χ2n) is 6.50. The van der Waals surface area contributed by atoms with E-state index >= 15 is 0 Å². The molecule has 2 aromatic rings. The molecule has 0 bridgehead atoms. The Balaban J connectivity index is 1.49. The van der Waals surface area contributed by atoms with Crippen LogP contribution in [-0.2, 0) is 11.2 Å². The van der Waals surface area contributed by atoms with Crippen molar-refractivity contribution in [1.29, 1.82) is 0 Å². The predicted octanol–water partition coefficient (Wildman–Crippen LogP) is 2.29. The fraction of sp³-hybridized carbons (Fsp3) is 0.444. The van der Waals surface area contributed by atoms with Gasteiger partial charge in [0.2, 0.25) is 5.91 Å². The van der Waals surface area contributed by atoms with Crippen molar-refractivity contribution in [2.24, 2.45) is 5.41 Å². The highest BCUT2D eigenvalue weighted by atomic mass is 32.2. The molecule has 1 aliphatic rings. The largest absolute Gasteiger partial charge is 0.396 e. The molecule has 3 N–H and O–H groups in total. The summed E-state index contributed by atoms with van der Waals surface area (Å²) in [7, 11) is 0. The summed E-state index contributed by atoms with van der Waals surface area (Å²) in [6.45, 7) is 2.73. The van der Waals surface area contributed by atoms with E-state index in [1.54, 1.807) is 0 Å². The van der Waals surface area contributed by atoms with Crippen molar-refractivity contribution in [2.45, 2.75) is 31.3 Å². The van der Waals surface area contributed by atoms with Crippen LogP contribution in [0.15, 0.2) is 35.5 Å². The summed E-state index contributed by atoms with van der Waals surface area (Å²) in [6.07, 6.45) is 2.78. The van der Waals surface area contributed by atoms with Gasteiger partial charge in [-0.3, -0.25) is 4.79 Å². The Bertz CT molecular complexity index is 696. The molecule has 0 radical (unpaired) electrons. The van der Waals surface area contributed by atoms with Crippen LogP contribution in [0.4, 0.5) is 0 Å². The second kappa shape index (κ2) is 7.40. The Morgan fingerprint density at radius 3 is 2.79 bits per heavy atom. The first-order valence-electron chi connectivity index (χ1n) is 8.20. The number of aliphatic hydroxyl groups is 1. The molecular formula is C18H23N3O2S. The van der Waals surface area contributed by atoms with Crippen LogP contribution >= 0.6 is 11.8 Å². The van der Waals surface area contributed by atoms with Crippen LogP contribution in [-0.4, -0.2) is 39.9 Å². The van der Waals surface area contributed by atoms with Crippen LogP contribution in [0.3, 0.4) is 0 Å². The summed E-state index contributed by atoms with van der Waals surface area (Å²) in [5.74, 6) is 0.317. The van der Waals surface area contributed by atoms with Crippen LogP contribution in [0.2, 0.25) is 0 Å². The number of aliphatic hydroxyl groups excluding tert-OH is 1. The number of nitrogens with one attached hydrogen (secondary N) is 2. The molecule has 5 nitrogen and oxygen atoms in total. The highest BCUT2D eigenvalue weighted by Crippen LogP contribution is 2.44. The standard InChI is InChI=1S/C18H23N3O2S/c1-13-15(9-14-5-3-2-4-6-14)21-17(20-13)24-10-16(23)19-11-18(12-22)7-8-18/h2-6,22H,7-12H2,1H3,(H,19,23)(H,20,21). The first kappa shape index (κ1) is 17.0. The van der Waals surface area contributed by atoms with E-state index in [1.165, 1.54) is 17.3 Å². The van der Waals surface area contributed by atoms with E-state index in [9.17, 15) is 9.90 Å². The quantitative estimate of drug-likeness (QED) is 0.642. The van der Waals surface area contributed by atoms with Crippen molar-refractivity contribution in [3.8, 4) is 0 Å². The number of thioether (sulfide) groups is 1. The van der Waals surface area contributed by atoms with Gasteiger partial charge in [-0.15, -0.1) is 0 Å². The molecule has 24 heavy (non-hydrogen) atoms. The lowest BCUT2D eigenvalue weighted by atomic mass is 10.1. The van der Waals surface area contributed by atoms with Crippen LogP contribution < -0.4 is 5.32 Å². The first-order chi connectivity index (χ1) is 11.6. The van der Waals surface area contributed by atoms with Crippen LogP contribution in [0, 0.1) is 12.3 Å². The maximum absolute atomic E-state index is 11.9. The van der Waals surface area contributed by atoms with Crippen LogP contribution in [0.5, 0.6) is 0 Å². The molecule has 128 valence electrons. The fourth-order valence-electron chi connectivity index (χ4n) is 2.54. The minimum Gasteiger partial charge on any atom is -0.396 e. The first-order valence-corrected chi connectivity index (χ1v) is 9.19. The number of imidazole rings is 1. The monoisotopic (exact) mass is 345 g/mol. The van der Waals surface area contributed by atoms with E-state index in [-0.39, 0.29) is 17.9 Å². The third-order valence-electron chi connectivity index (χ3n) is 4.47. The Labute approximate surface area is 146 Å². The lowest BCUT2D eigenvalue weighted by Crippen LogP contribution is -2.32. The molecular weight excluding hydrogens is 322 g/mol. The Kier molecular flexibility index (Phi) is 5.26. The zero-order valence-corrected chi connectivity index (χ0v) is 14.7. The van der Waals surface area contributed by atoms with Gasteiger partial charge in [-0.2, -0.15) is 0 Å². The van der Waals surface area contributed by atoms with E-state index in [4.69, 9.17) is 0 Å². The third kappa shape index (κ3) is 4.39. The molecule has 1 aromatic carbocycles. The van der Waals surface area contributed by atoms with Crippen molar-refractivity contribution in [2.75, 3.05) is 18.9 Å². The van der Waals surface area contributed by atoms with Gasteiger partial charge in [0.25, 0.3) is 0 Å². The normalized spacial score (nSPS) is 15.2. The van der Waals surface area contributed by atoms with Gasteiger partial charge in [0.15, 0.2) is 5.16 Å². The maximum atomic E-state index is 11.9. The van der Waals surface area contributed by atoms with Gasteiger partial charge < -0.3 is 15.4 Å². The van der Waals surface area contributed by atoms with Gasteiger partial charge in [-0.1, -0.05) is 42.1 Å². The van der Waals surface area contributed by atoms with E-state index in [0.29, 0.717) is 12.3 Å². The second-order valence-corrected chi connectivity index (χ2v) is 7.46. The van der Waals surface area contributed by atoms with Gasteiger partial charge in [-0.25, -0.2) is 4.98 Å². The summed E-state index contributed by atoms with van der Waals surface area (Å²) in [6, 6.07) is 10.2. The smallest absolute Gasteiger partial charge is 0.230 e. The zero-order chi connectivity index (χ0) is 17.0. The van der Waals surface area contributed by atoms with Gasteiger partial charge in [0.05, 0.1) is 18.1 Å². The number of nitrogens with zero attached hydrogens (tertiary/aromatic N) is 1. The number of rotatable bonds is 8. The molecule has 0 aliphatic heterocycles. The highest BCUT2D eigenvalue weighted by molar-refractivity contribution is 7.99. The number of carbonyl (C=O) groups is 1. The van der Waals surface area contributed by atoms with Crippen LogP contribution in [0.25, 0.3) is 0 Å². The zero-order valence-electron chi connectivity index (χ0n) is 13.8.